The molecule has 0 spiro atoms. The normalized spacial score (nSPS) is 24.8. The van der Waals surface area contributed by atoms with Crippen LogP contribution in [0.15, 0.2) is 0 Å². The average Bonchev–Trinajstić information content (AvgIpc) is 2.34. The van der Waals surface area contributed by atoms with Gasteiger partial charge in [-0.3, -0.25) is 4.79 Å². The lowest BCUT2D eigenvalue weighted by Gasteiger charge is -2.28. The molecule has 0 aromatic heterocycles. The SMILES string of the molecule is CCCCOCCOC1CCCCC1C(=O)O. The molecular formula is C13H24O4. The molecule has 4 nitrogen and oxygen atoms in total. The van der Waals surface area contributed by atoms with Gasteiger partial charge in [-0.2, -0.15) is 0 Å². The molecule has 1 saturated carbocycles. The molecular weight excluding hydrogens is 220 g/mol. The van der Waals surface area contributed by atoms with E-state index in [1.807, 2.05) is 0 Å². The summed E-state index contributed by atoms with van der Waals surface area (Å²) in [5.41, 5.74) is 0. The minimum atomic E-state index is -0.721. The van der Waals surface area contributed by atoms with Crippen LogP contribution in [0.5, 0.6) is 0 Å². The van der Waals surface area contributed by atoms with Crippen LogP contribution in [-0.4, -0.2) is 37.0 Å². The van der Waals surface area contributed by atoms with E-state index < -0.39 is 5.97 Å². The first-order valence-corrected chi connectivity index (χ1v) is 6.68. The predicted octanol–water partition coefficient (Wildman–Crippen LogP) is 2.46. The van der Waals surface area contributed by atoms with Gasteiger partial charge < -0.3 is 14.6 Å². The largest absolute Gasteiger partial charge is 0.481 e. The van der Waals surface area contributed by atoms with Crippen molar-refractivity contribution in [2.24, 2.45) is 5.92 Å². The molecule has 0 aromatic rings. The number of carboxylic acids is 1. The average molecular weight is 244 g/mol. The molecule has 100 valence electrons. The van der Waals surface area contributed by atoms with Crippen molar-refractivity contribution in [3.8, 4) is 0 Å². The smallest absolute Gasteiger partial charge is 0.309 e. The van der Waals surface area contributed by atoms with E-state index in [0.717, 1.165) is 45.1 Å². The van der Waals surface area contributed by atoms with Gasteiger partial charge in [0.05, 0.1) is 25.2 Å². The van der Waals surface area contributed by atoms with E-state index in [-0.39, 0.29) is 12.0 Å². The molecule has 0 heterocycles. The van der Waals surface area contributed by atoms with E-state index in [2.05, 4.69) is 6.92 Å². The summed E-state index contributed by atoms with van der Waals surface area (Å²) in [4.78, 5) is 11.0. The van der Waals surface area contributed by atoms with Crippen molar-refractivity contribution in [2.75, 3.05) is 19.8 Å². The van der Waals surface area contributed by atoms with Gasteiger partial charge in [-0.1, -0.05) is 26.2 Å². The summed E-state index contributed by atoms with van der Waals surface area (Å²) in [6.07, 6.45) is 5.78. The number of carboxylic acid groups (broad SMARTS) is 1. The third-order valence-corrected chi connectivity index (χ3v) is 3.22. The van der Waals surface area contributed by atoms with Crippen molar-refractivity contribution < 1.29 is 19.4 Å². The van der Waals surface area contributed by atoms with Gasteiger partial charge in [0.25, 0.3) is 0 Å². The van der Waals surface area contributed by atoms with Crippen molar-refractivity contribution in [3.05, 3.63) is 0 Å². The summed E-state index contributed by atoms with van der Waals surface area (Å²) >= 11 is 0. The van der Waals surface area contributed by atoms with Crippen molar-refractivity contribution in [2.45, 2.75) is 51.6 Å². The Bertz CT molecular complexity index is 217. The van der Waals surface area contributed by atoms with Crippen LogP contribution in [0.1, 0.15) is 45.4 Å². The second-order valence-corrected chi connectivity index (χ2v) is 4.60. The van der Waals surface area contributed by atoms with Crippen LogP contribution >= 0.6 is 0 Å². The van der Waals surface area contributed by atoms with Crippen LogP contribution in [0, 0.1) is 5.92 Å². The Kier molecular flexibility index (Phi) is 7.21. The Balaban J connectivity index is 2.13. The summed E-state index contributed by atoms with van der Waals surface area (Å²) in [6.45, 7) is 3.98. The van der Waals surface area contributed by atoms with Crippen LogP contribution in [0.25, 0.3) is 0 Å². The van der Waals surface area contributed by atoms with Gasteiger partial charge in [0.1, 0.15) is 0 Å². The molecule has 2 atom stereocenters. The highest BCUT2D eigenvalue weighted by molar-refractivity contribution is 5.70. The lowest BCUT2D eigenvalue weighted by molar-refractivity contribution is -0.150. The Morgan fingerprint density at radius 3 is 2.71 bits per heavy atom. The standard InChI is InChI=1S/C13H24O4/c1-2-3-8-16-9-10-17-12-7-5-4-6-11(12)13(14)15/h11-12H,2-10H2,1H3,(H,14,15). The number of rotatable bonds is 8. The minimum Gasteiger partial charge on any atom is -0.481 e. The summed E-state index contributed by atoms with van der Waals surface area (Å²) < 4.78 is 11.0. The van der Waals surface area contributed by atoms with Crippen LogP contribution < -0.4 is 0 Å². The van der Waals surface area contributed by atoms with E-state index in [1.165, 1.54) is 0 Å². The quantitative estimate of drug-likeness (QED) is 0.666. The molecule has 1 rings (SSSR count). The number of aliphatic carboxylic acids is 1. The van der Waals surface area contributed by atoms with Gasteiger partial charge in [0.2, 0.25) is 0 Å². The second-order valence-electron chi connectivity index (χ2n) is 4.60. The topological polar surface area (TPSA) is 55.8 Å². The van der Waals surface area contributed by atoms with Gasteiger partial charge in [-0.05, 0) is 19.3 Å². The Labute approximate surface area is 103 Å². The van der Waals surface area contributed by atoms with Crippen LogP contribution in [0.4, 0.5) is 0 Å². The van der Waals surface area contributed by atoms with Crippen molar-refractivity contribution in [1.29, 1.82) is 0 Å². The zero-order chi connectivity index (χ0) is 12.5. The zero-order valence-electron chi connectivity index (χ0n) is 10.7. The molecule has 0 saturated heterocycles. The van der Waals surface area contributed by atoms with Crippen LogP contribution in [0.2, 0.25) is 0 Å². The molecule has 17 heavy (non-hydrogen) atoms. The van der Waals surface area contributed by atoms with Crippen LogP contribution in [0.3, 0.4) is 0 Å². The molecule has 1 fully saturated rings. The van der Waals surface area contributed by atoms with Gasteiger partial charge in [-0.25, -0.2) is 0 Å². The fourth-order valence-corrected chi connectivity index (χ4v) is 2.19. The molecule has 4 heteroatoms. The van der Waals surface area contributed by atoms with Crippen LogP contribution in [-0.2, 0) is 14.3 Å². The van der Waals surface area contributed by atoms with Gasteiger partial charge >= 0.3 is 5.97 Å². The molecule has 0 amide bonds. The molecule has 0 aromatic carbocycles. The molecule has 1 N–H and O–H groups in total. The zero-order valence-corrected chi connectivity index (χ0v) is 10.7. The summed E-state index contributed by atoms with van der Waals surface area (Å²) in [6, 6.07) is 0. The Morgan fingerprint density at radius 1 is 1.24 bits per heavy atom. The molecule has 1 aliphatic rings. The fourth-order valence-electron chi connectivity index (χ4n) is 2.19. The third-order valence-electron chi connectivity index (χ3n) is 3.22. The van der Waals surface area contributed by atoms with E-state index in [0.29, 0.717) is 13.2 Å². The maximum Gasteiger partial charge on any atom is 0.309 e. The number of unbranched alkanes of at least 4 members (excludes halogenated alkanes) is 1. The number of ether oxygens (including phenoxy) is 2. The van der Waals surface area contributed by atoms with Crippen molar-refractivity contribution in [1.82, 2.24) is 0 Å². The molecule has 0 bridgehead atoms. The first-order chi connectivity index (χ1) is 8.25. The van der Waals surface area contributed by atoms with E-state index in [9.17, 15) is 4.79 Å². The molecule has 0 aliphatic heterocycles. The number of carbonyl (C=O) groups is 1. The maximum atomic E-state index is 11.0. The highest BCUT2D eigenvalue weighted by Crippen LogP contribution is 2.26. The van der Waals surface area contributed by atoms with E-state index in [4.69, 9.17) is 14.6 Å². The van der Waals surface area contributed by atoms with Gasteiger partial charge in [-0.15, -0.1) is 0 Å². The fraction of sp³-hybridized carbons (Fsp3) is 0.923. The molecule has 2 unspecified atom stereocenters. The molecule has 1 aliphatic carbocycles. The monoisotopic (exact) mass is 244 g/mol. The first kappa shape index (κ1) is 14.5. The van der Waals surface area contributed by atoms with Crippen molar-refractivity contribution in [3.63, 3.8) is 0 Å². The predicted molar refractivity (Wildman–Crippen MR) is 65.1 cm³/mol. The van der Waals surface area contributed by atoms with Crippen molar-refractivity contribution >= 4 is 5.97 Å². The highest BCUT2D eigenvalue weighted by Gasteiger charge is 2.31. The summed E-state index contributed by atoms with van der Waals surface area (Å²) in [7, 11) is 0. The lowest BCUT2D eigenvalue weighted by Crippen LogP contribution is -2.34. The summed E-state index contributed by atoms with van der Waals surface area (Å²) in [5.74, 6) is -1.04. The number of hydrogen-bond donors (Lipinski definition) is 1. The second kappa shape index (κ2) is 8.48. The highest BCUT2D eigenvalue weighted by atomic mass is 16.5. The maximum absolute atomic E-state index is 11.0. The number of hydrogen-bond acceptors (Lipinski definition) is 3. The third kappa shape index (κ3) is 5.50. The van der Waals surface area contributed by atoms with Gasteiger partial charge in [0.15, 0.2) is 0 Å². The Hall–Kier alpha value is -0.610. The summed E-state index contributed by atoms with van der Waals surface area (Å²) in [5, 5.41) is 9.07. The first-order valence-electron chi connectivity index (χ1n) is 6.68. The van der Waals surface area contributed by atoms with E-state index >= 15 is 0 Å². The lowest BCUT2D eigenvalue weighted by atomic mass is 9.86. The van der Waals surface area contributed by atoms with E-state index in [1.54, 1.807) is 0 Å². The Morgan fingerprint density at radius 2 is 2.00 bits per heavy atom. The minimum absolute atomic E-state index is 0.115. The van der Waals surface area contributed by atoms with Gasteiger partial charge in [0, 0.05) is 6.61 Å². The molecule has 0 radical (unpaired) electrons.